The highest BCUT2D eigenvalue weighted by atomic mass is 14.5. The molecule has 0 nitrogen and oxygen atoms in total. The van der Waals surface area contributed by atoms with Crippen molar-refractivity contribution in [2.45, 2.75) is 32.1 Å². The van der Waals surface area contributed by atoms with Crippen molar-refractivity contribution in [1.82, 2.24) is 0 Å². The molecule has 4 aromatic rings. The lowest BCUT2D eigenvalue weighted by Gasteiger charge is -2.36. The van der Waals surface area contributed by atoms with Crippen molar-refractivity contribution in [1.29, 1.82) is 0 Å². The Balaban J connectivity index is 1.85. The molecular weight excluding hydrogens is 372 g/mol. The predicted octanol–water partition coefficient (Wildman–Crippen LogP) is 7.66. The van der Waals surface area contributed by atoms with Crippen molar-refractivity contribution in [3.8, 4) is 11.1 Å². The zero-order valence-corrected chi connectivity index (χ0v) is 18.2. The maximum absolute atomic E-state index is 2.46. The Morgan fingerprint density at radius 2 is 0.968 bits per heavy atom. The third-order valence-electron chi connectivity index (χ3n) is 7.25. The van der Waals surface area contributed by atoms with Crippen molar-refractivity contribution >= 4 is 12.2 Å². The van der Waals surface area contributed by atoms with Crippen LogP contribution in [0, 0.1) is 0 Å². The van der Waals surface area contributed by atoms with Crippen LogP contribution in [0.2, 0.25) is 0 Å². The normalized spacial score (nSPS) is 14.5. The van der Waals surface area contributed by atoms with Crippen LogP contribution < -0.4 is 0 Å². The first-order valence-electron chi connectivity index (χ1n) is 11.4. The molecular formula is C31H26. The number of hydrogen-bond donors (Lipinski definition) is 0. The number of aryl methyl sites for hydroxylation is 2. The zero-order chi connectivity index (χ0) is 21.0. The number of fused-ring (bicyclic) bond motifs is 9. The van der Waals surface area contributed by atoms with E-state index in [1.807, 2.05) is 0 Å². The van der Waals surface area contributed by atoms with Crippen LogP contribution in [0.3, 0.4) is 0 Å². The molecule has 0 heteroatoms. The van der Waals surface area contributed by atoms with Gasteiger partial charge in [-0.3, -0.25) is 0 Å². The van der Waals surface area contributed by atoms with E-state index in [-0.39, 0.29) is 5.41 Å². The van der Waals surface area contributed by atoms with Gasteiger partial charge in [-0.2, -0.15) is 0 Å². The molecule has 2 aliphatic rings. The van der Waals surface area contributed by atoms with Gasteiger partial charge in [-0.05, 0) is 68.5 Å². The fourth-order valence-electron chi connectivity index (χ4n) is 5.73. The summed E-state index contributed by atoms with van der Waals surface area (Å²) in [5.74, 6) is 0. The van der Waals surface area contributed by atoms with E-state index in [0.717, 1.165) is 12.8 Å². The second-order valence-corrected chi connectivity index (χ2v) is 8.72. The average Bonchev–Trinajstić information content (AvgIpc) is 3.05. The second-order valence-electron chi connectivity index (χ2n) is 8.72. The van der Waals surface area contributed by atoms with E-state index in [4.69, 9.17) is 0 Å². The molecule has 31 heavy (non-hydrogen) atoms. The zero-order valence-electron chi connectivity index (χ0n) is 18.2. The summed E-state index contributed by atoms with van der Waals surface area (Å²) in [4.78, 5) is 0. The van der Waals surface area contributed by atoms with E-state index in [1.54, 1.807) is 0 Å². The molecule has 0 amide bonds. The molecule has 0 N–H and O–H groups in total. The molecule has 150 valence electrons. The van der Waals surface area contributed by atoms with E-state index in [9.17, 15) is 0 Å². The van der Waals surface area contributed by atoms with E-state index >= 15 is 0 Å². The van der Waals surface area contributed by atoms with Gasteiger partial charge in [0, 0.05) is 0 Å². The summed E-state index contributed by atoms with van der Waals surface area (Å²) in [7, 11) is 0. The molecule has 0 unspecified atom stereocenters. The molecule has 0 aromatic heterocycles. The van der Waals surface area contributed by atoms with Crippen LogP contribution in [0.5, 0.6) is 0 Å². The highest BCUT2D eigenvalue weighted by Crippen LogP contribution is 2.58. The van der Waals surface area contributed by atoms with Gasteiger partial charge in [0.05, 0.1) is 5.41 Å². The van der Waals surface area contributed by atoms with E-state index in [1.165, 1.54) is 55.6 Å². The van der Waals surface area contributed by atoms with Crippen LogP contribution in [-0.2, 0) is 18.3 Å². The van der Waals surface area contributed by atoms with Crippen molar-refractivity contribution in [3.63, 3.8) is 0 Å². The van der Waals surface area contributed by atoms with Crippen LogP contribution in [0.4, 0.5) is 0 Å². The Kier molecular flexibility index (Phi) is 4.05. The smallest absolute Gasteiger partial charge is 0.0619 e. The van der Waals surface area contributed by atoms with Gasteiger partial charge in [0.15, 0.2) is 0 Å². The Morgan fingerprint density at radius 1 is 0.516 bits per heavy atom. The molecule has 0 bridgehead atoms. The summed E-state index contributed by atoms with van der Waals surface area (Å²) in [5.41, 5.74) is 13.5. The quantitative estimate of drug-likeness (QED) is 0.281. The van der Waals surface area contributed by atoms with Crippen LogP contribution >= 0.6 is 0 Å². The predicted molar refractivity (Wildman–Crippen MR) is 131 cm³/mol. The molecule has 6 rings (SSSR count). The number of benzene rings is 4. The summed E-state index contributed by atoms with van der Waals surface area (Å²) >= 11 is 0. The summed E-state index contributed by atoms with van der Waals surface area (Å²) in [6.07, 6.45) is 6.71. The highest BCUT2D eigenvalue weighted by molar-refractivity contribution is 5.91. The van der Waals surface area contributed by atoms with Crippen LogP contribution in [-0.4, -0.2) is 0 Å². The van der Waals surface area contributed by atoms with Gasteiger partial charge in [0.25, 0.3) is 0 Å². The van der Waals surface area contributed by atoms with Gasteiger partial charge in [-0.1, -0.05) is 111 Å². The van der Waals surface area contributed by atoms with Gasteiger partial charge < -0.3 is 0 Å². The van der Waals surface area contributed by atoms with Crippen molar-refractivity contribution < 1.29 is 0 Å². The number of rotatable bonds is 2. The molecule has 0 atom stereocenters. The topological polar surface area (TPSA) is 0 Å². The largest absolute Gasteiger partial charge is 0.0725 e. The average molecular weight is 399 g/mol. The van der Waals surface area contributed by atoms with Crippen molar-refractivity contribution in [3.05, 3.63) is 129 Å². The molecule has 0 radical (unpaired) electrons. The summed E-state index contributed by atoms with van der Waals surface area (Å²) < 4.78 is 0. The molecule has 0 heterocycles. The molecule has 0 fully saturated rings. The SMILES string of the molecule is CCc1ccc2c(c1)C1(c3cc(CC)ccc3C=C2)c2ccccc2-c2ccccc21. The maximum atomic E-state index is 2.46. The van der Waals surface area contributed by atoms with Crippen LogP contribution in [0.1, 0.15) is 58.4 Å². The minimum Gasteiger partial charge on any atom is -0.0619 e. The van der Waals surface area contributed by atoms with Gasteiger partial charge >= 0.3 is 0 Å². The Hall–Kier alpha value is -3.38. The van der Waals surface area contributed by atoms with Crippen LogP contribution in [0.15, 0.2) is 84.9 Å². The lowest BCUT2D eigenvalue weighted by Crippen LogP contribution is -2.30. The van der Waals surface area contributed by atoms with E-state index < -0.39 is 0 Å². The van der Waals surface area contributed by atoms with Gasteiger partial charge in [0.1, 0.15) is 0 Å². The third-order valence-corrected chi connectivity index (χ3v) is 7.25. The Morgan fingerprint density at radius 3 is 1.42 bits per heavy atom. The van der Waals surface area contributed by atoms with E-state index in [0.29, 0.717) is 0 Å². The van der Waals surface area contributed by atoms with Crippen LogP contribution in [0.25, 0.3) is 23.3 Å². The molecule has 0 saturated heterocycles. The van der Waals surface area contributed by atoms with Gasteiger partial charge in [-0.25, -0.2) is 0 Å². The van der Waals surface area contributed by atoms with Gasteiger partial charge in [-0.15, -0.1) is 0 Å². The molecule has 4 aromatic carbocycles. The molecule has 1 spiro atoms. The highest BCUT2D eigenvalue weighted by Gasteiger charge is 2.48. The lowest BCUT2D eigenvalue weighted by atomic mass is 9.65. The fourth-order valence-corrected chi connectivity index (χ4v) is 5.73. The fraction of sp³-hybridized carbons (Fsp3) is 0.161. The van der Waals surface area contributed by atoms with Crippen molar-refractivity contribution in [2.75, 3.05) is 0 Å². The lowest BCUT2D eigenvalue weighted by molar-refractivity contribution is 0.761. The first-order valence-corrected chi connectivity index (χ1v) is 11.4. The minimum atomic E-state index is -0.294. The first-order chi connectivity index (χ1) is 15.3. The molecule has 2 aliphatic carbocycles. The second kappa shape index (κ2) is 6.82. The Bertz CT molecular complexity index is 1250. The minimum absolute atomic E-state index is 0.294. The first kappa shape index (κ1) is 18.4. The summed E-state index contributed by atoms with van der Waals surface area (Å²) in [6, 6.07) is 32.2. The summed E-state index contributed by atoms with van der Waals surface area (Å²) in [5, 5.41) is 0. The van der Waals surface area contributed by atoms with E-state index in [2.05, 4.69) is 111 Å². The monoisotopic (exact) mass is 398 g/mol. The maximum Gasteiger partial charge on any atom is 0.0725 e. The number of hydrogen-bond acceptors (Lipinski definition) is 0. The summed E-state index contributed by atoms with van der Waals surface area (Å²) in [6.45, 7) is 4.50. The third kappa shape index (κ3) is 2.42. The van der Waals surface area contributed by atoms with Gasteiger partial charge in [0.2, 0.25) is 0 Å². The standard InChI is InChI=1S/C31H26/c1-3-21-13-15-23-17-18-24-16-14-22(4-2)20-30(24)31(29(23)19-21)27-11-7-5-9-25(27)26-10-6-8-12-28(26)31/h5-20H,3-4H2,1-2H3. The molecule has 0 saturated carbocycles. The molecule has 0 aliphatic heterocycles. The Labute approximate surface area is 184 Å². The van der Waals surface area contributed by atoms with Crippen molar-refractivity contribution in [2.24, 2.45) is 0 Å².